The van der Waals surface area contributed by atoms with Crippen LogP contribution in [-0.4, -0.2) is 41.5 Å². The lowest BCUT2D eigenvalue weighted by Gasteiger charge is -2.31. The lowest BCUT2D eigenvalue weighted by molar-refractivity contribution is 0.0704. The van der Waals surface area contributed by atoms with Crippen molar-refractivity contribution in [1.82, 2.24) is 15.2 Å². The summed E-state index contributed by atoms with van der Waals surface area (Å²) in [6.07, 6.45) is 0. The Morgan fingerprint density at radius 3 is 2.91 bits per heavy atom. The molecule has 0 bridgehead atoms. The van der Waals surface area contributed by atoms with Crippen LogP contribution in [0.4, 0.5) is 0 Å². The molecule has 0 aliphatic carbocycles. The van der Waals surface area contributed by atoms with Crippen molar-refractivity contribution in [3.05, 3.63) is 40.9 Å². The number of hydrogen-bond acceptors (Lipinski definition) is 4. The lowest BCUT2D eigenvalue weighted by Crippen LogP contribution is -2.51. The third-order valence-electron chi connectivity index (χ3n) is 3.75. The number of aryl methyl sites for hydroxylation is 1. The van der Waals surface area contributed by atoms with Gasteiger partial charge in [-0.1, -0.05) is 24.3 Å². The number of carbonyl (C=O) groups excluding carboxylic acids is 1. The summed E-state index contributed by atoms with van der Waals surface area (Å²) in [5.41, 5.74) is 2.85. The molecular weight excluding hydrogens is 318 g/mol. The van der Waals surface area contributed by atoms with Crippen LogP contribution in [0.15, 0.2) is 29.6 Å². The molecule has 1 aromatic heterocycles. The Morgan fingerprint density at radius 2 is 2.18 bits per heavy atom. The molecule has 0 saturated carbocycles. The van der Waals surface area contributed by atoms with E-state index in [1.807, 2.05) is 22.4 Å². The van der Waals surface area contributed by atoms with Crippen molar-refractivity contribution in [1.29, 1.82) is 0 Å². The summed E-state index contributed by atoms with van der Waals surface area (Å²) in [5, 5.41) is 6.13. The van der Waals surface area contributed by atoms with Crippen LogP contribution in [0, 0.1) is 6.92 Å². The van der Waals surface area contributed by atoms with E-state index >= 15 is 0 Å². The molecule has 1 aliphatic heterocycles. The molecule has 118 valence electrons. The van der Waals surface area contributed by atoms with Gasteiger partial charge in [-0.25, -0.2) is 4.98 Å². The average Bonchev–Trinajstić information content (AvgIpc) is 2.96. The van der Waals surface area contributed by atoms with E-state index in [0.717, 1.165) is 30.2 Å². The molecule has 2 heterocycles. The molecule has 1 atom stereocenters. The first-order valence-corrected chi connectivity index (χ1v) is 8.07. The number of piperazine rings is 1. The first-order valence-electron chi connectivity index (χ1n) is 7.19. The minimum absolute atomic E-state index is 0. The molecule has 1 N–H and O–H groups in total. The summed E-state index contributed by atoms with van der Waals surface area (Å²) in [5.74, 6) is 0.0411. The second-order valence-corrected chi connectivity index (χ2v) is 6.32. The smallest absolute Gasteiger partial charge is 0.273 e. The van der Waals surface area contributed by atoms with Crippen LogP contribution in [-0.2, 0) is 0 Å². The van der Waals surface area contributed by atoms with Gasteiger partial charge in [0.2, 0.25) is 0 Å². The predicted molar refractivity (Wildman–Crippen MR) is 92.9 cm³/mol. The maximum Gasteiger partial charge on any atom is 0.273 e. The first kappa shape index (κ1) is 16.9. The van der Waals surface area contributed by atoms with Crippen LogP contribution >= 0.6 is 23.7 Å². The van der Waals surface area contributed by atoms with Gasteiger partial charge >= 0.3 is 0 Å². The highest BCUT2D eigenvalue weighted by atomic mass is 35.5. The third kappa shape index (κ3) is 3.48. The molecule has 0 radical (unpaired) electrons. The molecular formula is C16H20ClN3OS. The molecule has 6 heteroatoms. The summed E-state index contributed by atoms with van der Waals surface area (Å²) >= 11 is 1.54. The Kier molecular flexibility index (Phi) is 5.56. The van der Waals surface area contributed by atoms with Gasteiger partial charge in [-0.15, -0.1) is 23.7 Å². The zero-order valence-electron chi connectivity index (χ0n) is 12.7. The fourth-order valence-electron chi connectivity index (χ4n) is 2.59. The largest absolute Gasteiger partial charge is 0.334 e. The summed E-state index contributed by atoms with van der Waals surface area (Å²) in [6, 6.07) is 8.48. The number of hydrogen-bond donors (Lipinski definition) is 1. The molecule has 4 nitrogen and oxygen atoms in total. The van der Waals surface area contributed by atoms with Crippen molar-refractivity contribution in [3.8, 4) is 10.6 Å². The van der Waals surface area contributed by atoms with Gasteiger partial charge in [0.05, 0.1) is 0 Å². The maximum atomic E-state index is 12.5. The maximum absolute atomic E-state index is 12.5. The minimum atomic E-state index is 0. The molecule has 1 aromatic carbocycles. The Bertz CT molecular complexity index is 658. The highest BCUT2D eigenvalue weighted by Crippen LogP contribution is 2.27. The van der Waals surface area contributed by atoms with Crippen molar-refractivity contribution in [2.45, 2.75) is 19.9 Å². The Balaban J connectivity index is 0.00000176. The number of aromatic nitrogens is 1. The Labute approximate surface area is 141 Å². The van der Waals surface area contributed by atoms with Crippen LogP contribution in [0.1, 0.15) is 23.0 Å². The molecule has 1 saturated heterocycles. The zero-order chi connectivity index (χ0) is 14.8. The van der Waals surface area contributed by atoms with Crippen LogP contribution < -0.4 is 5.32 Å². The summed E-state index contributed by atoms with van der Waals surface area (Å²) < 4.78 is 0. The zero-order valence-corrected chi connectivity index (χ0v) is 14.3. The quantitative estimate of drug-likeness (QED) is 0.916. The molecule has 2 aromatic rings. The SMILES string of the molecule is Cc1ccccc1-c1nc(C(=O)N2CCNC(C)C2)cs1.Cl. The van der Waals surface area contributed by atoms with E-state index in [1.54, 1.807) is 0 Å². The summed E-state index contributed by atoms with van der Waals surface area (Å²) in [7, 11) is 0. The van der Waals surface area contributed by atoms with Crippen LogP contribution in [0.5, 0.6) is 0 Å². The van der Waals surface area contributed by atoms with Crippen molar-refractivity contribution in [2.24, 2.45) is 0 Å². The fourth-order valence-corrected chi connectivity index (χ4v) is 3.47. The second-order valence-electron chi connectivity index (χ2n) is 5.46. The molecule has 1 unspecified atom stereocenters. The molecule has 1 amide bonds. The lowest BCUT2D eigenvalue weighted by atomic mass is 10.1. The Hall–Kier alpha value is -1.43. The van der Waals surface area contributed by atoms with Crippen LogP contribution in [0.2, 0.25) is 0 Å². The number of carbonyl (C=O) groups is 1. The van der Waals surface area contributed by atoms with E-state index in [0.29, 0.717) is 11.7 Å². The van der Waals surface area contributed by atoms with Gasteiger partial charge < -0.3 is 10.2 Å². The predicted octanol–water partition coefficient (Wildman–Crippen LogP) is 2.97. The normalized spacial score (nSPS) is 17.9. The van der Waals surface area contributed by atoms with Crippen molar-refractivity contribution >= 4 is 29.7 Å². The highest BCUT2D eigenvalue weighted by molar-refractivity contribution is 7.13. The minimum Gasteiger partial charge on any atom is -0.334 e. The van der Waals surface area contributed by atoms with Gasteiger partial charge in [0.15, 0.2) is 0 Å². The van der Waals surface area contributed by atoms with E-state index in [4.69, 9.17) is 0 Å². The molecule has 1 aliphatic rings. The van der Waals surface area contributed by atoms with E-state index in [9.17, 15) is 4.79 Å². The van der Waals surface area contributed by atoms with Gasteiger partial charge in [0.1, 0.15) is 10.7 Å². The number of nitrogens with one attached hydrogen (secondary N) is 1. The standard InChI is InChI=1S/C16H19N3OS.ClH/c1-11-5-3-4-6-13(11)15-18-14(10-21-15)16(20)19-8-7-17-12(2)9-19;/h3-6,10,12,17H,7-9H2,1-2H3;1H. The van der Waals surface area contributed by atoms with Crippen molar-refractivity contribution in [3.63, 3.8) is 0 Å². The van der Waals surface area contributed by atoms with Crippen LogP contribution in [0.3, 0.4) is 0 Å². The summed E-state index contributed by atoms with van der Waals surface area (Å²) in [4.78, 5) is 19.0. The van der Waals surface area contributed by atoms with E-state index in [2.05, 4.69) is 36.3 Å². The van der Waals surface area contributed by atoms with Gasteiger partial charge in [-0.2, -0.15) is 0 Å². The number of halogens is 1. The molecule has 0 spiro atoms. The number of rotatable bonds is 2. The number of nitrogens with zero attached hydrogens (tertiary/aromatic N) is 2. The monoisotopic (exact) mass is 337 g/mol. The summed E-state index contributed by atoms with van der Waals surface area (Å²) in [6.45, 7) is 6.51. The Morgan fingerprint density at radius 1 is 1.41 bits per heavy atom. The molecule has 3 rings (SSSR count). The number of benzene rings is 1. The van der Waals surface area contributed by atoms with Gasteiger partial charge in [0.25, 0.3) is 5.91 Å². The first-order chi connectivity index (χ1) is 10.1. The van der Waals surface area contributed by atoms with E-state index in [1.165, 1.54) is 16.9 Å². The average molecular weight is 338 g/mol. The third-order valence-corrected chi connectivity index (χ3v) is 4.63. The van der Waals surface area contributed by atoms with Gasteiger partial charge in [0, 0.05) is 36.6 Å². The number of thiazole rings is 1. The number of amides is 1. The van der Waals surface area contributed by atoms with E-state index in [-0.39, 0.29) is 18.3 Å². The van der Waals surface area contributed by atoms with Crippen molar-refractivity contribution < 1.29 is 4.79 Å². The van der Waals surface area contributed by atoms with E-state index < -0.39 is 0 Å². The highest BCUT2D eigenvalue weighted by Gasteiger charge is 2.23. The van der Waals surface area contributed by atoms with Gasteiger partial charge in [-0.05, 0) is 19.4 Å². The second kappa shape index (κ2) is 7.22. The van der Waals surface area contributed by atoms with Crippen LogP contribution in [0.25, 0.3) is 10.6 Å². The van der Waals surface area contributed by atoms with Crippen molar-refractivity contribution in [2.75, 3.05) is 19.6 Å². The molecule has 22 heavy (non-hydrogen) atoms. The molecule has 1 fully saturated rings. The fraction of sp³-hybridized carbons (Fsp3) is 0.375. The van der Waals surface area contributed by atoms with Gasteiger partial charge in [-0.3, -0.25) is 4.79 Å². The topological polar surface area (TPSA) is 45.2 Å².